The molecule has 8 heteroatoms. The largest absolute Gasteiger partial charge is 0.322 e. The van der Waals surface area contributed by atoms with E-state index in [4.69, 9.17) is 11.6 Å². The zero-order valence-electron chi connectivity index (χ0n) is 16.6. The predicted octanol–water partition coefficient (Wildman–Crippen LogP) is 6.08. The molecule has 0 heterocycles. The Labute approximate surface area is 189 Å². The lowest BCUT2D eigenvalue weighted by Gasteiger charge is -2.14. The Balaban J connectivity index is 1.91. The number of hydrogen-bond donors (Lipinski definition) is 2. The fraction of sp³-hybridized carbons (Fsp3) is 0.136. The van der Waals surface area contributed by atoms with Crippen molar-refractivity contribution in [3.05, 3.63) is 86.3 Å². The van der Waals surface area contributed by atoms with Crippen LogP contribution in [-0.4, -0.2) is 14.3 Å². The van der Waals surface area contributed by atoms with Gasteiger partial charge in [0.1, 0.15) is 4.90 Å². The number of anilines is 2. The van der Waals surface area contributed by atoms with E-state index < -0.39 is 15.9 Å². The lowest BCUT2D eigenvalue weighted by Crippen LogP contribution is -2.17. The average Bonchev–Trinajstić information content (AvgIpc) is 2.68. The molecule has 0 atom stereocenters. The molecular weight excluding hydrogens is 488 g/mol. The Morgan fingerprint density at radius 2 is 1.70 bits per heavy atom. The number of hydrogen-bond acceptors (Lipinski definition) is 3. The summed E-state index contributed by atoms with van der Waals surface area (Å²) in [7, 11) is -3.99. The molecule has 30 heavy (non-hydrogen) atoms. The van der Waals surface area contributed by atoms with Gasteiger partial charge in [-0.3, -0.25) is 9.52 Å². The standard InChI is InChI=1S/C22H20BrClN2O3S/c1-13-5-4-6-20(15(13)3)26-30(28,29)21-12-16(7-10-19(21)24)22(27)25-17-8-9-18(23)14(2)11-17/h4-12,26H,1-3H3,(H,25,27). The van der Waals surface area contributed by atoms with Crippen molar-refractivity contribution in [1.29, 1.82) is 0 Å². The first-order chi connectivity index (χ1) is 14.1. The van der Waals surface area contributed by atoms with Gasteiger partial charge in [0, 0.05) is 15.7 Å². The first-order valence-corrected chi connectivity index (χ1v) is 11.7. The Morgan fingerprint density at radius 1 is 0.967 bits per heavy atom. The molecule has 3 aromatic rings. The zero-order chi connectivity index (χ0) is 22.1. The lowest BCUT2D eigenvalue weighted by molar-refractivity contribution is 0.102. The van der Waals surface area contributed by atoms with Gasteiger partial charge in [-0.15, -0.1) is 0 Å². The van der Waals surface area contributed by atoms with Crippen LogP contribution in [0.25, 0.3) is 0 Å². The van der Waals surface area contributed by atoms with Crippen LogP contribution >= 0.6 is 27.5 Å². The van der Waals surface area contributed by atoms with E-state index in [0.29, 0.717) is 11.4 Å². The Hall–Kier alpha value is -2.35. The van der Waals surface area contributed by atoms with Gasteiger partial charge in [0.05, 0.1) is 10.7 Å². The van der Waals surface area contributed by atoms with Gasteiger partial charge in [-0.1, -0.05) is 39.7 Å². The van der Waals surface area contributed by atoms with Crippen LogP contribution in [0.3, 0.4) is 0 Å². The zero-order valence-corrected chi connectivity index (χ0v) is 19.7. The van der Waals surface area contributed by atoms with Crippen LogP contribution in [0.4, 0.5) is 11.4 Å². The van der Waals surface area contributed by atoms with Crippen LogP contribution in [-0.2, 0) is 10.0 Å². The minimum absolute atomic E-state index is 0.0313. The molecule has 0 aliphatic rings. The van der Waals surface area contributed by atoms with E-state index in [1.165, 1.54) is 18.2 Å². The normalized spacial score (nSPS) is 11.2. The highest BCUT2D eigenvalue weighted by atomic mass is 79.9. The van der Waals surface area contributed by atoms with Gasteiger partial charge < -0.3 is 5.32 Å². The van der Waals surface area contributed by atoms with E-state index in [0.717, 1.165) is 21.2 Å². The number of rotatable bonds is 5. The molecule has 3 rings (SSSR count). The quantitative estimate of drug-likeness (QED) is 0.439. The number of benzene rings is 3. The summed E-state index contributed by atoms with van der Waals surface area (Å²) in [5.41, 5.74) is 3.99. The SMILES string of the molecule is Cc1cc(NC(=O)c2ccc(Cl)c(S(=O)(=O)Nc3cccc(C)c3C)c2)ccc1Br. The van der Waals surface area contributed by atoms with E-state index >= 15 is 0 Å². The van der Waals surface area contributed by atoms with E-state index in [1.807, 2.05) is 39.0 Å². The fourth-order valence-electron chi connectivity index (χ4n) is 2.84. The number of aryl methyl sites for hydroxylation is 2. The smallest absolute Gasteiger partial charge is 0.263 e. The summed E-state index contributed by atoms with van der Waals surface area (Å²) in [4.78, 5) is 12.5. The van der Waals surface area contributed by atoms with Crippen LogP contribution in [0.1, 0.15) is 27.0 Å². The average molecular weight is 508 g/mol. The number of nitrogens with one attached hydrogen (secondary N) is 2. The molecule has 3 aromatic carbocycles. The minimum Gasteiger partial charge on any atom is -0.322 e. The summed E-state index contributed by atoms with van der Waals surface area (Å²) in [5.74, 6) is -0.434. The molecule has 2 N–H and O–H groups in total. The number of carbonyl (C=O) groups excluding carboxylic acids is 1. The molecule has 5 nitrogen and oxygen atoms in total. The molecule has 0 unspecified atom stereocenters. The highest BCUT2D eigenvalue weighted by Crippen LogP contribution is 2.28. The molecule has 1 amide bonds. The number of halogens is 2. The van der Waals surface area contributed by atoms with Gasteiger partial charge in [-0.2, -0.15) is 0 Å². The van der Waals surface area contributed by atoms with Crippen molar-refractivity contribution in [3.63, 3.8) is 0 Å². The van der Waals surface area contributed by atoms with Gasteiger partial charge in [0.2, 0.25) is 0 Å². The van der Waals surface area contributed by atoms with Crippen molar-refractivity contribution >= 4 is 54.8 Å². The van der Waals surface area contributed by atoms with E-state index in [9.17, 15) is 13.2 Å². The third-order valence-corrected chi connectivity index (χ3v) is 7.48. The molecule has 0 spiro atoms. The van der Waals surface area contributed by atoms with Gasteiger partial charge in [-0.05, 0) is 79.9 Å². The summed E-state index contributed by atoms with van der Waals surface area (Å²) >= 11 is 9.58. The van der Waals surface area contributed by atoms with Crippen molar-refractivity contribution < 1.29 is 13.2 Å². The predicted molar refractivity (Wildman–Crippen MR) is 125 cm³/mol. The van der Waals surface area contributed by atoms with Gasteiger partial charge in [0.25, 0.3) is 15.9 Å². The van der Waals surface area contributed by atoms with Crippen LogP contribution in [0.15, 0.2) is 64.0 Å². The van der Waals surface area contributed by atoms with Crippen molar-refractivity contribution in [2.24, 2.45) is 0 Å². The topological polar surface area (TPSA) is 75.3 Å². The van der Waals surface area contributed by atoms with Gasteiger partial charge in [-0.25, -0.2) is 8.42 Å². The maximum Gasteiger partial charge on any atom is 0.263 e. The Morgan fingerprint density at radius 3 is 2.40 bits per heavy atom. The summed E-state index contributed by atoms with van der Waals surface area (Å²) < 4.78 is 29.4. The van der Waals surface area contributed by atoms with E-state index in [2.05, 4.69) is 26.0 Å². The van der Waals surface area contributed by atoms with E-state index in [-0.39, 0.29) is 15.5 Å². The molecule has 0 saturated heterocycles. The van der Waals surface area contributed by atoms with Crippen LogP contribution in [0.2, 0.25) is 5.02 Å². The van der Waals surface area contributed by atoms with Crippen molar-refractivity contribution in [2.75, 3.05) is 10.0 Å². The maximum atomic E-state index is 13.0. The highest BCUT2D eigenvalue weighted by molar-refractivity contribution is 9.10. The third kappa shape index (κ3) is 4.86. The first-order valence-electron chi connectivity index (χ1n) is 9.04. The minimum atomic E-state index is -3.99. The number of amides is 1. The van der Waals surface area contributed by atoms with Gasteiger partial charge in [0.15, 0.2) is 0 Å². The first kappa shape index (κ1) is 22.3. The van der Waals surface area contributed by atoms with Crippen molar-refractivity contribution in [3.8, 4) is 0 Å². The van der Waals surface area contributed by atoms with Crippen molar-refractivity contribution in [2.45, 2.75) is 25.7 Å². The second-order valence-electron chi connectivity index (χ2n) is 6.92. The molecule has 0 saturated carbocycles. The molecule has 0 radical (unpaired) electrons. The summed E-state index contributed by atoms with van der Waals surface area (Å²) in [6.07, 6.45) is 0. The monoisotopic (exact) mass is 506 g/mol. The highest BCUT2D eigenvalue weighted by Gasteiger charge is 2.21. The number of sulfonamides is 1. The molecule has 0 aliphatic heterocycles. The van der Waals surface area contributed by atoms with E-state index in [1.54, 1.807) is 18.2 Å². The summed E-state index contributed by atoms with van der Waals surface area (Å²) in [6.45, 7) is 5.64. The summed E-state index contributed by atoms with van der Waals surface area (Å²) in [5, 5.41) is 2.80. The van der Waals surface area contributed by atoms with Gasteiger partial charge >= 0.3 is 0 Å². The maximum absolute atomic E-state index is 13.0. The number of carbonyl (C=O) groups is 1. The summed E-state index contributed by atoms with van der Waals surface area (Å²) in [6, 6.07) is 14.9. The second-order valence-corrected chi connectivity index (χ2v) is 9.83. The molecular formula is C22H20BrClN2O3S. The lowest BCUT2D eigenvalue weighted by atomic mass is 10.1. The van der Waals surface area contributed by atoms with Crippen LogP contribution in [0.5, 0.6) is 0 Å². The fourth-order valence-corrected chi connectivity index (χ4v) is 4.73. The molecule has 0 aromatic heterocycles. The second kappa shape index (κ2) is 8.79. The molecule has 0 fully saturated rings. The molecule has 0 aliphatic carbocycles. The Kier molecular flexibility index (Phi) is 6.55. The Bertz CT molecular complexity index is 1240. The van der Waals surface area contributed by atoms with Crippen LogP contribution < -0.4 is 10.0 Å². The van der Waals surface area contributed by atoms with Crippen LogP contribution in [0, 0.1) is 20.8 Å². The van der Waals surface area contributed by atoms with Crippen molar-refractivity contribution in [1.82, 2.24) is 0 Å². The molecule has 156 valence electrons. The molecule has 0 bridgehead atoms. The third-order valence-electron chi connectivity index (χ3n) is 4.75.